The summed E-state index contributed by atoms with van der Waals surface area (Å²) >= 11 is 4.57. The monoisotopic (exact) mass is 319 g/mol. The zero-order valence-electron chi connectivity index (χ0n) is 8.70. The van der Waals surface area contributed by atoms with Crippen LogP contribution in [0.4, 0.5) is 4.39 Å². The van der Waals surface area contributed by atoms with Crippen molar-refractivity contribution in [2.75, 3.05) is 13.7 Å². The Labute approximate surface area is 108 Å². The van der Waals surface area contributed by atoms with Crippen LogP contribution in [0.15, 0.2) is 16.0 Å². The summed E-state index contributed by atoms with van der Waals surface area (Å²) in [7, 11) is 1.24. The van der Waals surface area contributed by atoms with E-state index in [-0.39, 0.29) is 12.4 Å². The topological polar surface area (TPSA) is 48.4 Å². The zero-order chi connectivity index (χ0) is 12.4. The van der Waals surface area contributed by atoms with E-state index in [0.29, 0.717) is 9.43 Å². The lowest BCUT2D eigenvalue weighted by molar-refractivity contribution is -0.142. The third-order valence-electron chi connectivity index (χ3n) is 1.99. The van der Waals surface area contributed by atoms with Gasteiger partial charge < -0.3 is 9.47 Å². The molecule has 90 valence electrons. The highest BCUT2D eigenvalue weighted by Gasteiger charge is 2.11. The number of hydrogen-bond donors (Lipinski definition) is 0. The number of aromatic nitrogens is 1. The van der Waals surface area contributed by atoms with Crippen LogP contribution in [0.1, 0.15) is 0 Å². The fraction of sp³-hybridized carbons (Fsp3) is 0.200. The SMILES string of the molecule is COC(=O)COc1cc2sc(Br)nc2cc1F. The van der Waals surface area contributed by atoms with Gasteiger partial charge in [-0.1, -0.05) is 0 Å². The lowest BCUT2D eigenvalue weighted by Crippen LogP contribution is -2.13. The average Bonchev–Trinajstić information content (AvgIpc) is 2.64. The fourth-order valence-corrected chi connectivity index (χ4v) is 2.62. The van der Waals surface area contributed by atoms with Crippen LogP contribution in [0, 0.1) is 5.82 Å². The number of halogens is 2. The number of hydrogen-bond acceptors (Lipinski definition) is 5. The van der Waals surface area contributed by atoms with E-state index >= 15 is 0 Å². The summed E-state index contributed by atoms with van der Waals surface area (Å²) in [5, 5.41) is 0. The van der Waals surface area contributed by atoms with Gasteiger partial charge in [0.05, 0.1) is 17.3 Å². The first kappa shape index (κ1) is 12.3. The van der Waals surface area contributed by atoms with Crippen molar-refractivity contribution in [2.24, 2.45) is 0 Å². The number of carbonyl (C=O) groups is 1. The molecule has 0 aliphatic heterocycles. The van der Waals surface area contributed by atoms with E-state index in [2.05, 4.69) is 25.7 Å². The van der Waals surface area contributed by atoms with Crippen molar-refractivity contribution >= 4 is 43.5 Å². The maximum atomic E-state index is 13.6. The van der Waals surface area contributed by atoms with Crippen LogP contribution in [0.25, 0.3) is 10.2 Å². The van der Waals surface area contributed by atoms with E-state index in [1.165, 1.54) is 30.6 Å². The molecule has 0 aliphatic carbocycles. The van der Waals surface area contributed by atoms with Gasteiger partial charge in [0.1, 0.15) is 0 Å². The normalized spacial score (nSPS) is 10.5. The molecule has 0 aliphatic rings. The van der Waals surface area contributed by atoms with E-state index < -0.39 is 11.8 Å². The Morgan fingerprint density at radius 2 is 2.35 bits per heavy atom. The van der Waals surface area contributed by atoms with Gasteiger partial charge in [0.25, 0.3) is 0 Å². The Morgan fingerprint density at radius 1 is 1.59 bits per heavy atom. The van der Waals surface area contributed by atoms with Crippen LogP contribution in [0.2, 0.25) is 0 Å². The van der Waals surface area contributed by atoms with Crippen molar-refractivity contribution in [3.63, 3.8) is 0 Å². The molecule has 0 spiro atoms. The average molecular weight is 320 g/mol. The molecule has 0 N–H and O–H groups in total. The number of rotatable bonds is 3. The van der Waals surface area contributed by atoms with Crippen LogP contribution in [-0.4, -0.2) is 24.7 Å². The summed E-state index contributed by atoms with van der Waals surface area (Å²) in [5.41, 5.74) is 0.546. The van der Waals surface area contributed by atoms with Crippen molar-refractivity contribution in [1.82, 2.24) is 4.98 Å². The summed E-state index contributed by atoms with van der Waals surface area (Å²) in [5.74, 6) is -1.10. The quantitative estimate of drug-likeness (QED) is 0.816. The predicted molar refractivity (Wildman–Crippen MR) is 64.8 cm³/mol. The molecule has 0 saturated carbocycles. The molecule has 0 atom stereocenters. The number of ether oxygens (including phenoxy) is 2. The molecule has 4 nitrogen and oxygen atoms in total. The van der Waals surface area contributed by atoms with Crippen LogP contribution >= 0.6 is 27.3 Å². The van der Waals surface area contributed by atoms with Gasteiger partial charge in [0.2, 0.25) is 0 Å². The van der Waals surface area contributed by atoms with Gasteiger partial charge in [0.15, 0.2) is 22.1 Å². The summed E-state index contributed by atoms with van der Waals surface area (Å²) in [6.45, 7) is -0.321. The molecular weight excluding hydrogens is 313 g/mol. The summed E-state index contributed by atoms with van der Waals surface area (Å²) < 4.78 is 24.4. The van der Waals surface area contributed by atoms with Gasteiger partial charge in [-0.25, -0.2) is 14.2 Å². The first-order valence-electron chi connectivity index (χ1n) is 4.55. The third-order valence-corrected chi connectivity index (χ3v) is 3.46. The second kappa shape index (κ2) is 4.97. The largest absolute Gasteiger partial charge is 0.479 e. The summed E-state index contributed by atoms with van der Waals surface area (Å²) in [6, 6.07) is 2.78. The minimum absolute atomic E-state index is 0.0130. The fourth-order valence-electron chi connectivity index (χ4n) is 1.21. The number of carbonyl (C=O) groups excluding carboxylic acids is 1. The third kappa shape index (κ3) is 2.73. The zero-order valence-corrected chi connectivity index (χ0v) is 11.1. The summed E-state index contributed by atoms with van der Waals surface area (Å²) in [4.78, 5) is 15.0. The minimum Gasteiger partial charge on any atom is -0.479 e. The van der Waals surface area contributed by atoms with Crippen molar-refractivity contribution in [1.29, 1.82) is 0 Å². The molecule has 17 heavy (non-hydrogen) atoms. The highest BCUT2D eigenvalue weighted by molar-refractivity contribution is 9.11. The number of methoxy groups -OCH3 is 1. The van der Waals surface area contributed by atoms with Crippen LogP contribution in [0.3, 0.4) is 0 Å². The van der Waals surface area contributed by atoms with Gasteiger partial charge in [-0.2, -0.15) is 0 Å². The predicted octanol–water partition coefficient (Wildman–Crippen LogP) is 2.75. The highest BCUT2D eigenvalue weighted by Crippen LogP contribution is 2.31. The number of benzene rings is 1. The maximum Gasteiger partial charge on any atom is 0.343 e. The van der Waals surface area contributed by atoms with Crippen molar-refractivity contribution < 1.29 is 18.7 Å². The number of fused-ring (bicyclic) bond motifs is 1. The van der Waals surface area contributed by atoms with Gasteiger partial charge in [-0.15, -0.1) is 11.3 Å². The first-order chi connectivity index (χ1) is 8.10. The molecule has 1 aromatic carbocycles. The van der Waals surface area contributed by atoms with Gasteiger partial charge in [-0.05, 0) is 15.9 Å². The van der Waals surface area contributed by atoms with E-state index in [1.54, 1.807) is 0 Å². The molecule has 2 aromatic rings. The van der Waals surface area contributed by atoms with E-state index in [4.69, 9.17) is 4.74 Å². The molecule has 0 fully saturated rings. The smallest absolute Gasteiger partial charge is 0.343 e. The summed E-state index contributed by atoms with van der Waals surface area (Å²) in [6.07, 6.45) is 0. The highest BCUT2D eigenvalue weighted by atomic mass is 79.9. The Hall–Kier alpha value is -1.21. The minimum atomic E-state index is -0.560. The molecular formula is C10H7BrFNO3S. The second-order valence-electron chi connectivity index (χ2n) is 3.08. The van der Waals surface area contributed by atoms with Crippen molar-refractivity contribution in [2.45, 2.75) is 0 Å². The second-order valence-corrected chi connectivity index (χ2v) is 5.39. The number of nitrogens with zero attached hydrogens (tertiary/aromatic N) is 1. The molecule has 0 bridgehead atoms. The molecule has 1 heterocycles. The van der Waals surface area contributed by atoms with Gasteiger partial charge in [0, 0.05) is 12.1 Å². The Balaban J connectivity index is 2.27. The Bertz CT molecular complexity index is 572. The molecule has 0 saturated heterocycles. The maximum absolute atomic E-state index is 13.6. The van der Waals surface area contributed by atoms with Crippen molar-refractivity contribution in [3.05, 3.63) is 21.9 Å². The molecule has 0 unspecified atom stereocenters. The molecule has 2 rings (SSSR count). The van der Waals surface area contributed by atoms with Gasteiger partial charge in [-0.3, -0.25) is 0 Å². The standard InChI is InChI=1S/C10H7BrFNO3S/c1-15-9(14)4-16-7-3-8-6(2-5(7)12)13-10(11)17-8/h2-3H,4H2,1H3. The number of esters is 1. The first-order valence-corrected chi connectivity index (χ1v) is 6.16. The Kier molecular flexibility index (Phi) is 3.58. The van der Waals surface area contributed by atoms with Crippen LogP contribution in [-0.2, 0) is 9.53 Å². The molecule has 0 radical (unpaired) electrons. The molecule has 1 aromatic heterocycles. The van der Waals surface area contributed by atoms with Crippen molar-refractivity contribution in [3.8, 4) is 5.75 Å². The van der Waals surface area contributed by atoms with E-state index in [0.717, 1.165) is 4.70 Å². The van der Waals surface area contributed by atoms with Crippen LogP contribution < -0.4 is 4.74 Å². The number of thiazole rings is 1. The van der Waals surface area contributed by atoms with Gasteiger partial charge >= 0.3 is 5.97 Å². The Morgan fingerprint density at radius 3 is 3.06 bits per heavy atom. The lowest BCUT2D eigenvalue weighted by atomic mass is 10.3. The lowest BCUT2D eigenvalue weighted by Gasteiger charge is -2.05. The van der Waals surface area contributed by atoms with Crippen LogP contribution in [0.5, 0.6) is 5.75 Å². The molecule has 0 amide bonds. The van der Waals surface area contributed by atoms with E-state index in [1.807, 2.05) is 0 Å². The van der Waals surface area contributed by atoms with E-state index in [9.17, 15) is 9.18 Å². The molecule has 7 heteroatoms.